The highest BCUT2D eigenvalue weighted by atomic mass is 19.1. The Balaban J connectivity index is 3.39. The van der Waals surface area contributed by atoms with Crippen LogP contribution >= 0.6 is 0 Å². The van der Waals surface area contributed by atoms with Crippen LogP contribution in [0.25, 0.3) is 0 Å². The van der Waals surface area contributed by atoms with Crippen LogP contribution in [-0.4, -0.2) is 14.2 Å². The van der Waals surface area contributed by atoms with Gasteiger partial charge in [-0.15, -0.1) is 0 Å². The number of benzene rings is 1. The van der Waals surface area contributed by atoms with E-state index in [4.69, 9.17) is 5.84 Å². The molecule has 0 unspecified atom stereocenters. The topological polar surface area (TPSA) is 56.5 Å². The maximum Gasteiger partial charge on any atom is 0.192 e. The Morgan fingerprint density at radius 2 is 1.57 bits per heavy atom. The van der Waals surface area contributed by atoms with Crippen molar-refractivity contribution in [1.82, 2.24) is 0 Å². The molecule has 14 heavy (non-hydrogen) atoms. The van der Waals surface area contributed by atoms with E-state index in [-0.39, 0.29) is 11.5 Å². The fourth-order valence-electron chi connectivity index (χ4n) is 1.01. The molecule has 0 fully saturated rings. The molecule has 78 valence electrons. The minimum absolute atomic E-state index is 0.142. The zero-order chi connectivity index (χ0) is 10.7. The van der Waals surface area contributed by atoms with Crippen LogP contribution in [0.15, 0.2) is 6.07 Å². The highest BCUT2D eigenvalue weighted by Gasteiger charge is 2.18. The number of rotatable bonds is 3. The van der Waals surface area contributed by atoms with Crippen molar-refractivity contribution in [3.63, 3.8) is 0 Å². The number of anilines is 1. The van der Waals surface area contributed by atoms with Gasteiger partial charge in [-0.3, -0.25) is 5.84 Å². The SMILES string of the molecule is COc1cc(OC)c(F)c(NN)c1F. The van der Waals surface area contributed by atoms with E-state index in [0.29, 0.717) is 0 Å². The maximum absolute atomic E-state index is 13.3. The molecule has 4 nitrogen and oxygen atoms in total. The van der Waals surface area contributed by atoms with Crippen LogP contribution in [0.1, 0.15) is 0 Å². The van der Waals surface area contributed by atoms with Crippen LogP contribution in [-0.2, 0) is 0 Å². The predicted octanol–water partition coefficient (Wildman–Crippen LogP) is 1.27. The molecule has 0 amide bonds. The molecule has 1 aromatic carbocycles. The minimum atomic E-state index is -0.895. The van der Waals surface area contributed by atoms with Gasteiger partial charge in [-0.1, -0.05) is 0 Å². The summed E-state index contributed by atoms with van der Waals surface area (Å²) in [4.78, 5) is 0. The van der Waals surface area contributed by atoms with Gasteiger partial charge in [-0.25, -0.2) is 8.78 Å². The summed E-state index contributed by atoms with van der Waals surface area (Å²) in [5, 5.41) is 0. The van der Waals surface area contributed by atoms with E-state index in [2.05, 4.69) is 9.47 Å². The third-order valence-electron chi connectivity index (χ3n) is 1.72. The minimum Gasteiger partial charge on any atom is -0.493 e. The fourth-order valence-corrected chi connectivity index (χ4v) is 1.01. The molecule has 0 radical (unpaired) electrons. The van der Waals surface area contributed by atoms with Crippen molar-refractivity contribution in [2.45, 2.75) is 0 Å². The molecule has 3 N–H and O–H groups in total. The van der Waals surface area contributed by atoms with E-state index in [9.17, 15) is 8.78 Å². The summed E-state index contributed by atoms with van der Waals surface area (Å²) in [6, 6.07) is 1.10. The van der Waals surface area contributed by atoms with Gasteiger partial charge in [0.15, 0.2) is 23.1 Å². The first kappa shape index (κ1) is 10.5. The first-order chi connectivity index (χ1) is 6.65. The first-order valence-corrected chi connectivity index (χ1v) is 3.72. The van der Waals surface area contributed by atoms with Gasteiger partial charge in [-0.05, 0) is 0 Å². The number of hydrogen-bond donors (Lipinski definition) is 2. The lowest BCUT2D eigenvalue weighted by atomic mass is 10.2. The van der Waals surface area contributed by atoms with Crippen LogP contribution in [0.5, 0.6) is 11.5 Å². The Labute approximate surface area is 79.6 Å². The van der Waals surface area contributed by atoms with Gasteiger partial charge in [0, 0.05) is 6.07 Å². The third-order valence-corrected chi connectivity index (χ3v) is 1.72. The molecule has 0 saturated carbocycles. The molecule has 1 rings (SSSR count). The summed E-state index contributed by atoms with van der Waals surface area (Å²) in [5.74, 6) is 2.88. The number of halogens is 2. The number of nitrogens with two attached hydrogens (primary N) is 1. The van der Waals surface area contributed by atoms with Crippen LogP contribution in [0, 0.1) is 11.6 Å². The molecule has 0 aromatic heterocycles. The van der Waals surface area contributed by atoms with E-state index < -0.39 is 17.3 Å². The molecule has 6 heteroatoms. The lowest BCUT2D eigenvalue weighted by Gasteiger charge is -2.11. The maximum atomic E-state index is 13.3. The number of hydrazine groups is 1. The lowest BCUT2D eigenvalue weighted by Crippen LogP contribution is -2.12. The molecule has 0 aliphatic carbocycles. The first-order valence-electron chi connectivity index (χ1n) is 3.72. The van der Waals surface area contributed by atoms with Gasteiger partial charge in [0.05, 0.1) is 14.2 Å². The van der Waals surface area contributed by atoms with Gasteiger partial charge >= 0.3 is 0 Å². The van der Waals surface area contributed by atoms with Crippen LogP contribution < -0.4 is 20.7 Å². The highest BCUT2D eigenvalue weighted by molar-refractivity contribution is 5.56. The average molecular weight is 204 g/mol. The number of hydrogen-bond acceptors (Lipinski definition) is 4. The lowest BCUT2D eigenvalue weighted by molar-refractivity contribution is 0.360. The molecule has 0 aliphatic heterocycles. The Morgan fingerprint density at radius 3 is 1.86 bits per heavy atom. The van der Waals surface area contributed by atoms with E-state index in [0.717, 1.165) is 6.07 Å². The van der Waals surface area contributed by atoms with Crippen molar-refractivity contribution < 1.29 is 18.3 Å². The molecule has 0 bridgehead atoms. The van der Waals surface area contributed by atoms with E-state index in [1.165, 1.54) is 14.2 Å². The standard InChI is InChI=1S/C8H10F2N2O2/c1-13-4-3-5(14-2)7(10)8(12-11)6(4)9/h3,12H,11H2,1-2H3. The number of nitrogens with one attached hydrogen (secondary N) is 1. The van der Waals surface area contributed by atoms with Crippen molar-refractivity contribution in [3.05, 3.63) is 17.7 Å². The van der Waals surface area contributed by atoms with Crippen molar-refractivity contribution >= 4 is 5.69 Å². The Hall–Kier alpha value is -1.56. The summed E-state index contributed by atoms with van der Waals surface area (Å²) in [6.07, 6.45) is 0. The van der Waals surface area contributed by atoms with Gasteiger partial charge in [0.2, 0.25) is 0 Å². The molecule has 0 saturated heterocycles. The predicted molar refractivity (Wildman–Crippen MR) is 47.3 cm³/mol. The summed E-state index contributed by atoms with van der Waals surface area (Å²) in [6.45, 7) is 0. The summed E-state index contributed by atoms with van der Waals surface area (Å²) < 4.78 is 35.9. The average Bonchev–Trinajstić information content (AvgIpc) is 2.19. The summed E-state index contributed by atoms with van der Waals surface area (Å²) >= 11 is 0. The van der Waals surface area contributed by atoms with Crippen LogP contribution in [0.2, 0.25) is 0 Å². The van der Waals surface area contributed by atoms with Crippen molar-refractivity contribution in [2.75, 3.05) is 19.6 Å². The fraction of sp³-hybridized carbons (Fsp3) is 0.250. The Morgan fingerprint density at radius 1 is 1.14 bits per heavy atom. The molecule has 1 aromatic rings. The number of ether oxygens (including phenoxy) is 2. The second kappa shape index (κ2) is 4.10. The summed E-state index contributed by atoms with van der Waals surface area (Å²) in [7, 11) is 2.52. The van der Waals surface area contributed by atoms with Gasteiger partial charge in [0.25, 0.3) is 0 Å². The van der Waals surface area contributed by atoms with Gasteiger partial charge in [-0.2, -0.15) is 0 Å². The van der Waals surface area contributed by atoms with Gasteiger partial charge < -0.3 is 14.9 Å². The second-order valence-electron chi connectivity index (χ2n) is 2.43. The molecular formula is C8H10F2N2O2. The molecule has 0 heterocycles. The molecule has 0 spiro atoms. The zero-order valence-electron chi connectivity index (χ0n) is 7.73. The van der Waals surface area contributed by atoms with E-state index >= 15 is 0 Å². The third kappa shape index (κ3) is 1.56. The van der Waals surface area contributed by atoms with Crippen LogP contribution in [0.3, 0.4) is 0 Å². The highest BCUT2D eigenvalue weighted by Crippen LogP contribution is 2.33. The largest absolute Gasteiger partial charge is 0.493 e. The molecule has 0 aliphatic rings. The van der Waals surface area contributed by atoms with Gasteiger partial charge in [0.1, 0.15) is 5.69 Å². The summed E-state index contributed by atoms with van der Waals surface area (Å²) in [5.41, 5.74) is 1.42. The van der Waals surface area contributed by atoms with Crippen LogP contribution in [0.4, 0.5) is 14.5 Å². The Kier molecular flexibility index (Phi) is 3.08. The molecular weight excluding hydrogens is 194 g/mol. The smallest absolute Gasteiger partial charge is 0.192 e. The Bertz CT molecular complexity index is 316. The van der Waals surface area contributed by atoms with E-state index in [1.807, 2.05) is 5.43 Å². The van der Waals surface area contributed by atoms with Crippen molar-refractivity contribution in [3.8, 4) is 11.5 Å². The normalized spacial score (nSPS) is 9.79. The quantitative estimate of drug-likeness (QED) is 0.575. The zero-order valence-corrected chi connectivity index (χ0v) is 7.73. The molecule has 0 atom stereocenters. The monoisotopic (exact) mass is 204 g/mol. The van der Waals surface area contributed by atoms with E-state index in [1.54, 1.807) is 0 Å². The number of nitrogen functional groups attached to an aromatic ring is 1. The number of methoxy groups -OCH3 is 2. The second-order valence-corrected chi connectivity index (χ2v) is 2.43. The van der Waals surface area contributed by atoms with Crippen molar-refractivity contribution in [2.24, 2.45) is 5.84 Å². The van der Waals surface area contributed by atoms with Crippen molar-refractivity contribution in [1.29, 1.82) is 0 Å².